The molecule has 7 amide bonds. The summed E-state index contributed by atoms with van der Waals surface area (Å²) in [6, 6.07) is 0. The van der Waals surface area contributed by atoms with E-state index < -0.39 is 307 Å². The summed E-state index contributed by atoms with van der Waals surface area (Å²) in [5.41, 5.74) is -9.52. The molecule has 34 nitrogen and oxygen atoms in total. The first-order valence-corrected chi connectivity index (χ1v) is 45.7. The molecule has 786 valence electrons. The summed E-state index contributed by atoms with van der Waals surface area (Å²) in [6.07, 6.45) is 3.09. The lowest BCUT2D eigenvalue weighted by Crippen LogP contribution is -2.48. The zero-order valence-electron chi connectivity index (χ0n) is 79.8. The number of carbonyl (C=O) groups excluding carboxylic acids is 15. The van der Waals surface area contributed by atoms with Crippen molar-refractivity contribution in [2.75, 3.05) is 33.0 Å². The topological polar surface area (TPSA) is 444 Å². The number of hydrogen-bond acceptors (Lipinski definition) is 27. The van der Waals surface area contributed by atoms with Crippen molar-refractivity contribution >= 4 is 88.1 Å². The van der Waals surface area contributed by atoms with Crippen molar-refractivity contribution in [3.63, 3.8) is 0 Å². The lowest BCUT2D eigenvalue weighted by molar-refractivity contribution is -0.181. The third-order valence-corrected chi connectivity index (χ3v) is 29.4. The van der Waals surface area contributed by atoms with Gasteiger partial charge in [0.25, 0.3) is 41.5 Å². The molecule has 0 aromatic carbocycles. The average molecular weight is 2030 g/mol. The second kappa shape index (κ2) is 44.0. The average Bonchev–Trinajstić information content (AvgIpc) is 1.62. The molecule has 141 heavy (non-hydrogen) atoms. The minimum absolute atomic E-state index is 0.0709. The molecular formula is C93H119F14N7O27. The van der Waals surface area contributed by atoms with Crippen LogP contribution in [0.1, 0.15) is 193 Å². The second-order valence-electron chi connectivity index (χ2n) is 36.5. The molecule has 7 fully saturated rings. The molecule has 14 aliphatic heterocycles. The molecule has 0 unspecified atom stereocenters. The highest BCUT2D eigenvalue weighted by Crippen LogP contribution is 2.58. The number of aliphatic hydroxyl groups excluding tert-OH is 5. The number of ether oxygens (including phenoxy) is 7. The van der Waals surface area contributed by atoms with Crippen molar-refractivity contribution in [3.05, 3.63) is 98.6 Å². The molecule has 0 radical (unpaired) electrons. The second-order valence-corrected chi connectivity index (χ2v) is 36.5. The molecule has 0 aromatic heterocycles. The van der Waals surface area contributed by atoms with Crippen molar-refractivity contribution in [1.29, 1.82) is 0 Å². The summed E-state index contributed by atoms with van der Waals surface area (Å²) in [6.45, 7) is 21.6. The Bertz CT molecular complexity index is 4550. The molecule has 0 aliphatic carbocycles. The Kier molecular flexibility index (Phi) is 36.3. The molecule has 0 bridgehead atoms. The molecule has 7 saturated heterocycles. The predicted octanol–water partition coefficient (Wildman–Crippen LogP) is 9.28. The van der Waals surface area contributed by atoms with Gasteiger partial charge in [-0.15, -0.1) is 6.58 Å². The number of ketones is 7. The van der Waals surface area contributed by atoms with Gasteiger partial charge in [-0.3, -0.25) is 101 Å². The first-order valence-electron chi connectivity index (χ1n) is 45.7. The Morgan fingerprint density at radius 1 is 0.277 bits per heavy atom. The van der Waals surface area contributed by atoms with E-state index in [2.05, 4.69) is 6.58 Å². The van der Waals surface area contributed by atoms with Crippen LogP contribution in [0.15, 0.2) is 98.6 Å². The maximum Gasteiger partial charge on any atom is 0.298 e. The number of halogens is 14. The van der Waals surface area contributed by atoms with Crippen LogP contribution >= 0.6 is 0 Å². The summed E-state index contributed by atoms with van der Waals surface area (Å²) < 4.78 is 239. The van der Waals surface area contributed by atoms with Gasteiger partial charge in [-0.2, -0.15) is 0 Å². The fourth-order valence-electron chi connectivity index (χ4n) is 18.8. The van der Waals surface area contributed by atoms with Gasteiger partial charge in [0.15, 0.2) is 46.8 Å². The summed E-state index contributed by atoms with van der Waals surface area (Å²) in [7, 11) is 0. The van der Waals surface area contributed by atoms with Gasteiger partial charge < -0.3 is 63.5 Å². The number of hydrogen-bond donors (Lipinski definition) is 5. The van der Waals surface area contributed by atoms with Crippen LogP contribution in [0.5, 0.6) is 0 Å². The Hall–Kier alpha value is -9.89. The molecule has 5 N–H and O–H groups in total. The van der Waals surface area contributed by atoms with Crippen molar-refractivity contribution < 1.29 is 192 Å². The summed E-state index contributed by atoms with van der Waals surface area (Å²) >= 11 is 0. The third kappa shape index (κ3) is 21.8. The number of allylic oxidation sites excluding steroid dienone is 7. The zero-order chi connectivity index (χ0) is 107. The van der Waals surface area contributed by atoms with E-state index >= 15 is 0 Å². The number of aliphatic hydroxyl groups is 5. The van der Waals surface area contributed by atoms with Crippen LogP contribution < -0.4 is 0 Å². The SMILES string of the molecule is C=C[C@]1(CC)O[C@@H](N2C=CC(=O)CC2=O)C(F)(F)[C@@H]1C.CCC1(CC)O[C@@H](N2C=CC(=O)CC2=O)C(F)(F)[C@@H]1C.CC[C@@]1(C=O)O[C@@H](N2C=CC(=O)CC2=O)C(F)(F)[C@@H]1C.CC[C@@]1(CCO)O[C@@H](N2C=CC(=O)CC2=O)C(F)(F)[C@@H]1C.CC[C@@]1(CO)O[C@@H](N2C=CC(=O)CC2=O)C(F)(F)[C@@H]1C.CC[C@]1(CO)O[C@@H](N2C=CC(=O)CC2=O)C(F)(F)[C@@H]1C.C[C@@H]1C(CO)(CO)O[C@@H](N2C=CC(=O)CC2=O)C1(F)F. The maximum atomic E-state index is 14.5. The van der Waals surface area contributed by atoms with Gasteiger partial charge in [0.1, 0.15) is 22.4 Å². The highest BCUT2D eigenvalue weighted by molar-refractivity contribution is 6.10. The normalized spacial score (nSPS) is 35.1. The van der Waals surface area contributed by atoms with Crippen LogP contribution in [0.4, 0.5) is 61.5 Å². The van der Waals surface area contributed by atoms with Crippen molar-refractivity contribution in [1.82, 2.24) is 34.3 Å². The standard InChI is InChI=1S/C14H19F2NO4.C14H19F2NO3.C14H17F2NO3.2C13H17F2NO4.C13H15F2NO4.C12H15F2NO5/c1-3-13(5-7-18)9(2)14(15,16)12(21-13)17-6-4-10(19)8-11(17)20;2*1-4-13(5-2)9(3)14(15,16)12(20-13)17-7-6-10(18)8-11(17)19;3*1-3-12(7-17)8(2)13(14,15)11(20-12)16-5-4-9(18)6-10(16)19;1-7-11(5-16,6-17)20-10(12(7,13)14)15-3-2-8(18)4-9(15)19/h4,6,9,12,18H,3,5,7-8H2,1-2H3;6-7,9,12H,4-5,8H2,1-3H3;4,6-7,9,12H,1,5,8H2,2-3H3;2*4-5,8,11,17H,3,6-7H2,1-2H3;4-5,7-8,11H,3,6H2,1-2H3;2-3,7,10,16-17H,4-6H2,1H3/t9-,12-,13+;9-,12-;9-,12-,13-;8-,11-,12+;8-,11-,12-;8-,11-,12+;7-,10-/m1111111/s1. The fraction of sp³-hybridized carbons (Fsp3) is 0.667. The third-order valence-electron chi connectivity index (χ3n) is 29.4. The lowest BCUT2D eigenvalue weighted by Gasteiger charge is -2.32. The quantitative estimate of drug-likeness (QED) is 0.0291. The van der Waals surface area contributed by atoms with Gasteiger partial charge in [0.05, 0.1) is 130 Å². The lowest BCUT2D eigenvalue weighted by atomic mass is 9.82. The maximum absolute atomic E-state index is 14.5. The van der Waals surface area contributed by atoms with Gasteiger partial charge >= 0.3 is 0 Å². The smallest absolute Gasteiger partial charge is 0.298 e. The zero-order valence-corrected chi connectivity index (χ0v) is 79.8. The predicted molar refractivity (Wildman–Crippen MR) is 460 cm³/mol. The van der Waals surface area contributed by atoms with E-state index in [0.717, 1.165) is 117 Å². The Morgan fingerprint density at radius 2 is 0.454 bits per heavy atom. The molecule has 0 saturated carbocycles. The van der Waals surface area contributed by atoms with Crippen LogP contribution in [0.3, 0.4) is 0 Å². The largest absolute Gasteiger partial charge is 0.396 e. The van der Waals surface area contributed by atoms with Crippen molar-refractivity contribution in [2.24, 2.45) is 41.4 Å². The van der Waals surface area contributed by atoms with E-state index in [0.29, 0.717) is 41.8 Å². The number of amides is 7. The van der Waals surface area contributed by atoms with E-state index in [1.807, 2.05) is 0 Å². The number of carbonyl (C=O) groups is 15. The highest BCUT2D eigenvalue weighted by Gasteiger charge is 2.73. The summed E-state index contributed by atoms with van der Waals surface area (Å²) in [4.78, 5) is 177. The van der Waals surface area contributed by atoms with E-state index in [-0.39, 0.29) is 44.5 Å². The molecular weight excluding hydrogens is 1910 g/mol. The van der Waals surface area contributed by atoms with Crippen molar-refractivity contribution in [3.8, 4) is 0 Å². The molecule has 0 spiro atoms. The molecule has 19 atom stereocenters. The van der Waals surface area contributed by atoms with Gasteiger partial charge in [0, 0.05) is 56.4 Å². The number of alkyl halides is 14. The number of nitrogens with zero attached hydrogens (tertiary/aromatic N) is 7. The fourth-order valence-corrected chi connectivity index (χ4v) is 18.8. The van der Waals surface area contributed by atoms with E-state index in [1.165, 1.54) is 47.6 Å². The summed E-state index contributed by atoms with van der Waals surface area (Å²) in [5.74, 6) is -39.7. The van der Waals surface area contributed by atoms with Gasteiger partial charge in [-0.25, -0.2) is 61.5 Å². The van der Waals surface area contributed by atoms with Gasteiger partial charge in [0.2, 0.25) is 84.9 Å². The van der Waals surface area contributed by atoms with Gasteiger partial charge in [-0.1, -0.05) is 103 Å². The van der Waals surface area contributed by atoms with Crippen LogP contribution in [0, 0.1) is 41.4 Å². The van der Waals surface area contributed by atoms with Gasteiger partial charge in [-0.05, 0) is 87.5 Å². The molecule has 14 rings (SSSR count). The van der Waals surface area contributed by atoms with E-state index in [1.54, 1.807) is 48.5 Å². The molecule has 14 heterocycles. The Morgan fingerprint density at radius 3 is 0.617 bits per heavy atom. The summed E-state index contributed by atoms with van der Waals surface area (Å²) in [5, 5.41) is 46.4. The monoisotopic (exact) mass is 2030 g/mol. The van der Waals surface area contributed by atoms with Crippen LogP contribution in [-0.4, -0.2) is 305 Å². The van der Waals surface area contributed by atoms with Crippen LogP contribution in [0.25, 0.3) is 0 Å². The Balaban J connectivity index is 0.000000201. The van der Waals surface area contributed by atoms with Crippen LogP contribution in [-0.2, 0) is 105 Å². The minimum Gasteiger partial charge on any atom is -0.396 e. The van der Waals surface area contributed by atoms with E-state index in [4.69, 9.17) is 38.3 Å². The minimum atomic E-state index is -3.47. The first-order chi connectivity index (χ1) is 65.5. The molecule has 14 aliphatic rings. The number of rotatable bonds is 22. The van der Waals surface area contributed by atoms with E-state index in [9.17, 15) is 154 Å². The molecule has 0 aromatic rings. The number of aldehydes is 1. The van der Waals surface area contributed by atoms with Crippen molar-refractivity contribution in [2.45, 2.75) is 318 Å². The first kappa shape index (κ1) is 116. The Labute approximate surface area is 802 Å². The van der Waals surface area contributed by atoms with Crippen LogP contribution in [0.2, 0.25) is 0 Å². The molecule has 48 heteroatoms. The highest BCUT2D eigenvalue weighted by atomic mass is 19.3.